The summed E-state index contributed by atoms with van der Waals surface area (Å²) in [5.74, 6) is 1.32. The number of ether oxygens (including phenoxy) is 1. The molecule has 4 heteroatoms. The second kappa shape index (κ2) is 7.46. The fourth-order valence-corrected chi connectivity index (χ4v) is 3.26. The van der Waals surface area contributed by atoms with Crippen LogP contribution in [0.3, 0.4) is 0 Å². The molecule has 2 rings (SSSR count). The van der Waals surface area contributed by atoms with Crippen LogP contribution >= 0.6 is 0 Å². The van der Waals surface area contributed by atoms with Gasteiger partial charge in [0.1, 0.15) is 5.75 Å². The first-order chi connectivity index (χ1) is 10.2. The van der Waals surface area contributed by atoms with E-state index < -0.39 is 0 Å². The van der Waals surface area contributed by atoms with Crippen molar-refractivity contribution in [2.45, 2.75) is 38.6 Å². The molecule has 0 spiro atoms. The minimum Gasteiger partial charge on any atom is -0.496 e. The molecule has 1 aromatic carbocycles. The molecule has 116 valence electrons. The molecule has 3 N–H and O–H groups in total. The molecule has 21 heavy (non-hydrogen) atoms. The highest BCUT2D eigenvalue weighted by Crippen LogP contribution is 2.31. The fraction of sp³-hybridized carbons (Fsp3) is 0.588. The Kier molecular flexibility index (Phi) is 5.62. The lowest BCUT2D eigenvalue weighted by Gasteiger charge is -2.30. The van der Waals surface area contributed by atoms with Crippen LogP contribution in [0.2, 0.25) is 0 Å². The largest absolute Gasteiger partial charge is 0.496 e. The molecule has 3 atom stereocenters. The van der Waals surface area contributed by atoms with Gasteiger partial charge < -0.3 is 15.8 Å². The van der Waals surface area contributed by atoms with Crippen LogP contribution in [-0.4, -0.2) is 19.6 Å². The molecule has 1 amide bonds. The third kappa shape index (κ3) is 3.76. The number of methoxy groups -OCH3 is 1. The van der Waals surface area contributed by atoms with Gasteiger partial charge in [-0.1, -0.05) is 31.0 Å². The van der Waals surface area contributed by atoms with Gasteiger partial charge in [-0.15, -0.1) is 0 Å². The maximum absolute atomic E-state index is 12.5. The van der Waals surface area contributed by atoms with E-state index in [1.165, 1.54) is 6.42 Å². The van der Waals surface area contributed by atoms with Gasteiger partial charge in [-0.2, -0.15) is 0 Å². The van der Waals surface area contributed by atoms with Crippen molar-refractivity contribution in [1.29, 1.82) is 0 Å². The van der Waals surface area contributed by atoms with Gasteiger partial charge >= 0.3 is 0 Å². The Labute approximate surface area is 127 Å². The number of carbonyl (C=O) groups is 1. The van der Waals surface area contributed by atoms with Gasteiger partial charge in [-0.05, 0) is 38.3 Å². The normalized spacial score (nSPS) is 23.4. The SMILES string of the molecule is COc1ccccc1C(C)NC(=O)C1CCCCC1CN. The smallest absolute Gasteiger partial charge is 0.223 e. The molecule has 4 nitrogen and oxygen atoms in total. The minimum absolute atomic E-state index is 0.0564. The predicted molar refractivity (Wildman–Crippen MR) is 84.1 cm³/mol. The number of nitrogens with one attached hydrogen (secondary N) is 1. The molecule has 0 aliphatic heterocycles. The van der Waals surface area contributed by atoms with Gasteiger partial charge in [-0.3, -0.25) is 4.79 Å². The molecule has 0 saturated heterocycles. The molecule has 0 aromatic heterocycles. The maximum atomic E-state index is 12.5. The Balaban J connectivity index is 2.04. The second-order valence-electron chi connectivity index (χ2n) is 5.86. The van der Waals surface area contributed by atoms with E-state index in [2.05, 4.69) is 5.32 Å². The average molecular weight is 290 g/mol. The molecule has 0 heterocycles. The number of amides is 1. The molecule has 0 radical (unpaired) electrons. The monoisotopic (exact) mass is 290 g/mol. The Morgan fingerprint density at radius 1 is 1.38 bits per heavy atom. The van der Waals surface area contributed by atoms with E-state index in [0.717, 1.165) is 30.6 Å². The van der Waals surface area contributed by atoms with Gasteiger partial charge in [-0.25, -0.2) is 0 Å². The molecule has 1 aliphatic rings. The first-order valence-corrected chi connectivity index (χ1v) is 7.80. The molecule has 1 aliphatic carbocycles. The van der Waals surface area contributed by atoms with Crippen LogP contribution < -0.4 is 15.8 Å². The number of para-hydroxylation sites is 1. The number of carbonyl (C=O) groups excluding carboxylic acids is 1. The van der Waals surface area contributed by atoms with Crippen LogP contribution in [0.1, 0.15) is 44.2 Å². The van der Waals surface area contributed by atoms with E-state index in [1.54, 1.807) is 7.11 Å². The highest BCUT2D eigenvalue weighted by molar-refractivity contribution is 5.79. The van der Waals surface area contributed by atoms with Crippen molar-refractivity contribution in [1.82, 2.24) is 5.32 Å². The average Bonchev–Trinajstić information content (AvgIpc) is 2.54. The Morgan fingerprint density at radius 2 is 2.10 bits per heavy atom. The predicted octanol–water partition coefficient (Wildman–Crippen LogP) is 2.64. The topological polar surface area (TPSA) is 64.3 Å². The second-order valence-corrected chi connectivity index (χ2v) is 5.86. The van der Waals surface area contributed by atoms with E-state index in [-0.39, 0.29) is 17.9 Å². The Bertz CT molecular complexity index is 476. The summed E-state index contributed by atoms with van der Waals surface area (Å²) in [6, 6.07) is 7.74. The highest BCUT2D eigenvalue weighted by atomic mass is 16.5. The zero-order chi connectivity index (χ0) is 15.2. The molecule has 1 fully saturated rings. The number of hydrogen-bond acceptors (Lipinski definition) is 3. The van der Waals surface area contributed by atoms with Gasteiger partial charge in [0.05, 0.1) is 13.2 Å². The van der Waals surface area contributed by atoms with Gasteiger partial charge in [0.15, 0.2) is 0 Å². The molecule has 1 aromatic rings. The summed E-state index contributed by atoms with van der Waals surface area (Å²) < 4.78 is 5.36. The third-order valence-corrected chi connectivity index (χ3v) is 4.51. The van der Waals surface area contributed by atoms with Crippen LogP contribution in [0.5, 0.6) is 5.75 Å². The molecular formula is C17H26N2O2. The van der Waals surface area contributed by atoms with Crippen molar-refractivity contribution in [2.75, 3.05) is 13.7 Å². The van der Waals surface area contributed by atoms with Crippen molar-refractivity contribution in [2.24, 2.45) is 17.6 Å². The zero-order valence-electron chi connectivity index (χ0n) is 13.0. The van der Waals surface area contributed by atoms with Gasteiger partial charge in [0.2, 0.25) is 5.91 Å². The zero-order valence-corrected chi connectivity index (χ0v) is 13.0. The van der Waals surface area contributed by atoms with Crippen molar-refractivity contribution in [3.05, 3.63) is 29.8 Å². The summed E-state index contributed by atoms with van der Waals surface area (Å²) in [6.45, 7) is 2.59. The third-order valence-electron chi connectivity index (χ3n) is 4.51. The number of nitrogens with two attached hydrogens (primary N) is 1. The summed E-state index contributed by atoms with van der Waals surface area (Å²) in [6.07, 6.45) is 4.33. The van der Waals surface area contributed by atoms with Crippen LogP contribution in [0.15, 0.2) is 24.3 Å². The van der Waals surface area contributed by atoms with E-state index in [4.69, 9.17) is 10.5 Å². The first-order valence-electron chi connectivity index (χ1n) is 7.80. The summed E-state index contributed by atoms with van der Waals surface area (Å²) in [5.41, 5.74) is 6.83. The number of rotatable bonds is 5. The maximum Gasteiger partial charge on any atom is 0.223 e. The molecule has 3 unspecified atom stereocenters. The minimum atomic E-state index is -0.0611. The van der Waals surface area contributed by atoms with E-state index in [1.807, 2.05) is 31.2 Å². The summed E-state index contributed by atoms with van der Waals surface area (Å²) in [4.78, 5) is 12.5. The number of benzene rings is 1. The van der Waals surface area contributed by atoms with Crippen LogP contribution in [0.4, 0.5) is 0 Å². The van der Waals surface area contributed by atoms with E-state index >= 15 is 0 Å². The van der Waals surface area contributed by atoms with Crippen molar-refractivity contribution in [3.63, 3.8) is 0 Å². The van der Waals surface area contributed by atoms with Crippen LogP contribution in [-0.2, 0) is 4.79 Å². The highest BCUT2D eigenvalue weighted by Gasteiger charge is 2.30. The summed E-state index contributed by atoms with van der Waals surface area (Å²) in [7, 11) is 1.65. The molecule has 1 saturated carbocycles. The summed E-state index contributed by atoms with van der Waals surface area (Å²) in [5, 5.41) is 3.13. The molecular weight excluding hydrogens is 264 g/mol. The van der Waals surface area contributed by atoms with Crippen LogP contribution in [0.25, 0.3) is 0 Å². The van der Waals surface area contributed by atoms with Crippen molar-refractivity contribution < 1.29 is 9.53 Å². The Morgan fingerprint density at radius 3 is 2.81 bits per heavy atom. The lowest BCUT2D eigenvalue weighted by molar-refractivity contribution is -0.128. The van der Waals surface area contributed by atoms with Crippen molar-refractivity contribution >= 4 is 5.91 Å². The number of hydrogen-bond donors (Lipinski definition) is 2. The van der Waals surface area contributed by atoms with Gasteiger partial charge in [0, 0.05) is 11.5 Å². The molecule has 0 bridgehead atoms. The van der Waals surface area contributed by atoms with Crippen molar-refractivity contribution in [3.8, 4) is 5.75 Å². The lowest BCUT2D eigenvalue weighted by Crippen LogP contribution is -2.40. The standard InChI is InChI=1S/C17H26N2O2/c1-12(14-8-5-6-10-16(14)21-2)19-17(20)15-9-4-3-7-13(15)11-18/h5-6,8,10,12-13,15H,3-4,7,9,11,18H2,1-2H3,(H,19,20). The first kappa shape index (κ1) is 15.8. The fourth-order valence-electron chi connectivity index (χ4n) is 3.26. The van der Waals surface area contributed by atoms with Crippen LogP contribution in [0, 0.1) is 11.8 Å². The Hall–Kier alpha value is -1.55. The quantitative estimate of drug-likeness (QED) is 0.876. The lowest BCUT2D eigenvalue weighted by atomic mass is 9.78. The summed E-state index contributed by atoms with van der Waals surface area (Å²) >= 11 is 0. The van der Waals surface area contributed by atoms with E-state index in [9.17, 15) is 4.79 Å². The van der Waals surface area contributed by atoms with Gasteiger partial charge in [0.25, 0.3) is 0 Å². The van der Waals surface area contributed by atoms with E-state index in [0.29, 0.717) is 12.5 Å².